The third-order valence-electron chi connectivity index (χ3n) is 2.91. The van der Waals surface area contributed by atoms with E-state index in [4.69, 9.17) is 13.6 Å². The van der Waals surface area contributed by atoms with E-state index in [1.165, 1.54) is 17.6 Å². The van der Waals surface area contributed by atoms with Crippen LogP contribution in [0, 0.1) is 0 Å². The zero-order valence-electron chi connectivity index (χ0n) is 11.9. The number of carbonyl (C=O) groups excluding carboxylic acids is 2. The van der Waals surface area contributed by atoms with Crippen molar-refractivity contribution in [3.8, 4) is 11.7 Å². The van der Waals surface area contributed by atoms with E-state index in [0.29, 0.717) is 10.6 Å². The van der Waals surface area contributed by atoms with Crippen molar-refractivity contribution in [2.45, 2.75) is 19.4 Å². The second-order valence-corrected chi connectivity index (χ2v) is 5.49. The number of ketones is 1. The third kappa shape index (κ3) is 3.92. The van der Waals surface area contributed by atoms with Crippen LogP contribution in [0.15, 0.2) is 44.7 Å². The van der Waals surface area contributed by atoms with Crippen LogP contribution in [0.3, 0.4) is 0 Å². The van der Waals surface area contributed by atoms with E-state index in [1.54, 1.807) is 24.3 Å². The van der Waals surface area contributed by atoms with Gasteiger partial charge >= 0.3 is 5.97 Å². The first kappa shape index (κ1) is 15.2. The Morgan fingerprint density at radius 3 is 2.83 bits per heavy atom. The van der Waals surface area contributed by atoms with Crippen molar-refractivity contribution in [3.05, 3.63) is 46.7 Å². The van der Waals surface area contributed by atoms with Gasteiger partial charge in [-0.1, -0.05) is 6.07 Å². The lowest BCUT2D eigenvalue weighted by Crippen LogP contribution is -2.07. The summed E-state index contributed by atoms with van der Waals surface area (Å²) in [6.45, 7) is -0.139. The highest BCUT2D eigenvalue weighted by Crippen LogP contribution is 2.18. The molecule has 0 saturated heterocycles. The van der Waals surface area contributed by atoms with Gasteiger partial charge in [-0.15, -0.1) is 21.5 Å². The molecule has 0 aliphatic heterocycles. The zero-order chi connectivity index (χ0) is 16.1. The summed E-state index contributed by atoms with van der Waals surface area (Å²) in [4.78, 5) is 24.1. The number of nitrogens with zero attached hydrogens (tertiary/aromatic N) is 2. The average molecular weight is 332 g/mol. The highest BCUT2D eigenvalue weighted by molar-refractivity contribution is 7.12. The van der Waals surface area contributed by atoms with Crippen molar-refractivity contribution < 1.29 is 23.2 Å². The fourth-order valence-electron chi connectivity index (χ4n) is 1.80. The van der Waals surface area contributed by atoms with Gasteiger partial charge in [-0.05, 0) is 23.6 Å². The highest BCUT2D eigenvalue weighted by atomic mass is 32.1. The molecule has 0 aromatic carbocycles. The molecule has 0 aliphatic rings. The van der Waals surface area contributed by atoms with Crippen molar-refractivity contribution >= 4 is 23.1 Å². The van der Waals surface area contributed by atoms with Crippen LogP contribution >= 0.6 is 11.3 Å². The quantitative estimate of drug-likeness (QED) is 0.484. The Kier molecular flexibility index (Phi) is 4.62. The van der Waals surface area contributed by atoms with Crippen molar-refractivity contribution in [2.75, 3.05) is 0 Å². The molecule has 3 heterocycles. The first-order valence-electron chi connectivity index (χ1n) is 6.81. The maximum absolute atomic E-state index is 11.8. The molecule has 0 atom stereocenters. The smallest absolute Gasteiger partial charge is 0.306 e. The summed E-state index contributed by atoms with van der Waals surface area (Å²) in [6.07, 6.45) is 1.61. The fraction of sp³-hybridized carbons (Fsp3) is 0.200. The molecule has 0 aliphatic carbocycles. The zero-order valence-corrected chi connectivity index (χ0v) is 12.7. The number of furan rings is 1. The third-order valence-corrected chi connectivity index (χ3v) is 3.82. The van der Waals surface area contributed by atoms with E-state index >= 15 is 0 Å². The molecule has 7 nitrogen and oxygen atoms in total. The molecule has 0 saturated carbocycles. The molecule has 3 aromatic heterocycles. The average Bonchev–Trinajstić information content (AvgIpc) is 3.32. The number of thiophene rings is 1. The van der Waals surface area contributed by atoms with Crippen LogP contribution in [-0.2, 0) is 16.1 Å². The lowest BCUT2D eigenvalue weighted by molar-refractivity contribution is -0.145. The largest absolute Gasteiger partial charge is 0.459 e. The molecule has 0 unspecified atom stereocenters. The molecule has 0 bridgehead atoms. The molecule has 0 spiro atoms. The maximum Gasteiger partial charge on any atom is 0.306 e. The van der Waals surface area contributed by atoms with Gasteiger partial charge in [0, 0.05) is 6.42 Å². The highest BCUT2D eigenvalue weighted by Gasteiger charge is 2.14. The van der Waals surface area contributed by atoms with Gasteiger partial charge in [0.1, 0.15) is 0 Å². The van der Waals surface area contributed by atoms with E-state index in [2.05, 4.69) is 10.2 Å². The Labute approximate surface area is 134 Å². The minimum Gasteiger partial charge on any atom is -0.459 e. The molecular weight excluding hydrogens is 320 g/mol. The molecule has 0 amide bonds. The minimum absolute atomic E-state index is 0.00983. The summed E-state index contributed by atoms with van der Waals surface area (Å²) in [6, 6.07) is 6.90. The molecule has 3 aromatic rings. The first-order chi connectivity index (χ1) is 11.2. The number of carbonyl (C=O) groups is 2. The summed E-state index contributed by atoms with van der Waals surface area (Å²) in [5.41, 5.74) is 0. The van der Waals surface area contributed by atoms with E-state index < -0.39 is 5.97 Å². The van der Waals surface area contributed by atoms with Gasteiger partial charge in [0.15, 0.2) is 18.2 Å². The molecule has 0 fully saturated rings. The second-order valence-electron chi connectivity index (χ2n) is 4.54. The van der Waals surface area contributed by atoms with Crippen molar-refractivity contribution in [1.29, 1.82) is 0 Å². The molecule has 3 rings (SSSR count). The van der Waals surface area contributed by atoms with Gasteiger partial charge in [0.2, 0.25) is 0 Å². The van der Waals surface area contributed by atoms with E-state index in [-0.39, 0.29) is 37.0 Å². The van der Waals surface area contributed by atoms with E-state index in [0.717, 1.165) is 0 Å². The van der Waals surface area contributed by atoms with Crippen molar-refractivity contribution in [2.24, 2.45) is 0 Å². The standard InChI is InChI=1S/C15H12N2O5S/c18-10(12-4-2-8-23-12)5-6-14(19)21-9-13-16-17-15(22-13)11-3-1-7-20-11/h1-4,7-8H,5-6,9H2. The topological polar surface area (TPSA) is 95.4 Å². The van der Waals surface area contributed by atoms with Gasteiger partial charge in [-0.3, -0.25) is 9.59 Å². The summed E-state index contributed by atoms with van der Waals surface area (Å²) < 4.78 is 15.4. The Bertz CT molecular complexity index is 777. The summed E-state index contributed by atoms with van der Waals surface area (Å²) in [5.74, 6) is 0.252. The predicted octanol–water partition coefficient (Wildman–Crippen LogP) is 3.10. The lowest BCUT2D eigenvalue weighted by atomic mass is 10.2. The number of ether oxygens (including phenoxy) is 1. The summed E-state index contributed by atoms with van der Waals surface area (Å²) in [5, 5.41) is 9.37. The Morgan fingerprint density at radius 1 is 1.17 bits per heavy atom. The molecule has 118 valence electrons. The van der Waals surface area contributed by atoms with Crippen molar-refractivity contribution in [1.82, 2.24) is 10.2 Å². The number of esters is 1. The van der Waals surface area contributed by atoms with E-state index in [9.17, 15) is 9.59 Å². The molecular formula is C15H12N2O5S. The summed E-state index contributed by atoms with van der Waals surface area (Å²) in [7, 11) is 0. The minimum atomic E-state index is -0.493. The molecule has 23 heavy (non-hydrogen) atoms. The second kappa shape index (κ2) is 7.01. The SMILES string of the molecule is O=C(CCC(=O)c1cccs1)OCc1nnc(-c2ccco2)o1. The van der Waals surface area contributed by atoms with Crippen LogP contribution in [0.1, 0.15) is 28.4 Å². The monoisotopic (exact) mass is 332 g/mol. The number of Topliss-reactive ketones (excluding diaryl/α,β-unsaturated/α-hetero) is 1. The van der Waals surface area contributed by atoms with Crippen LogP contribution in [0.2, 0.25) is 0 Å². The molecule has 0 N–H and O–H groups in total. The predicted molar refractivity (Wildman–Crippen MR) is 79.7 cm³/mol. The number of rotatable bonds is 7. The van der Waals surface area contributed by atoms with Gasteiger partial charge < -0.3 is 13.6 Å². The van der Waals surface area contributed by atoms with E-state index in [1.807, 2.05) is 5.38 Å². The number of aromatic nitrogens is 2. The number of hydrogen-bond acceptors (Lipinski definition) is 8. The van der Waals surface area contributed by atoms with Crippen LogP contribution in [0.4, 0.5) is 0 Å². The fourth-order valence-corrected chi connectivity index (χ4v) is 2.50. The van der Waals surface area contributed by atoms with Crippen LogP contribution in [0.25, 0.3) is 11.7 Å². The normalized spacial score (nSPS) is 10.6. The molecule has 0 radical (unpaired) electrons. The van der Waals surface area contributed by atoms with Gasteiger partial charge in [-0.25, -0.2) is 0 Å². The Balaban J connectivity index is 1.45. The van der Waals surface area contributed by atoms with Crippen LogP contribution < -0.4 is 0 Å². The Morgan fingerprint density at radius 2 is 2.09 bits per heavy atom. The maximum atomic E-state index is 11.8. The molecule has 8 heteroatoms. The van der Waals surface area contributed by atoms with Gasteiger partial charge in [0.05, 0.1) is 17.6 Å². The summed E-state index contributed by atoms with van der Waals surface area (Å²) >= 11 is 1.35. The van der Waals surface area contributed by atoms with Crippen LogP contribution in [0.5, 0.6) is 0 Å². The number of hydrogen-bond donors (Lipinski definition) is 0. The first-order valence-corrected chi connectivity index (χ1v) is 7.69. The lowest BCUT2D eigenvalue weighted by Gasteiger charge is -2.01. The van der Waals surface area contributed by atoms with Gasteiger partial charge in [-0.2, -0.15) is 0 Å². The Hall–Kier alpha value is -2.74. The van der Waals surface area contributed by atoms with Crippen LogP contribution in [-0.4, -0.2) is 21.9 Å². The van der Waals surface area contributed by atoms with Crippen molar-refractivity contribution in [3.63, 3.8) is 0 Å². The van der Waals surface area contributed by atoms with Gasteiger partial charge in [0.25, 0.3) is 11.8 Å².